The van der Waals surface area contributed by atoms with Crippen molar-refractivity contribution in [2.75, 3.05) is 6.61 Å². The summed E-state index contributed by atoms with van der Waals surface area (Å²) < 4.78 is 5.84. The van der Waals surface area contributed by atoms with Gasteiger partial charge < -0.3 is 15.0 Å². The van der Waals surface area contributed by atoms with Gasteiger partial charge in [0.05, 0.1) is 0 Å². The third-order valence-corrected chi connectivity index (χ3v) is 5.89. The molecule has 0 fully saturated rings. The standard InChI is InChI=1S/C25H32Cl2N2O3/c1-7-21(24(31)28-25(4,5)6)29(14-18-19(26)11-9-12-20(18)27)23(30)15-32-22-13-8-10-16(2)17(22)3/h8-13,21H,7,14-15H2,1-6H3,(H,28,31)/t21-/m0/s1. The van der Waals surface area contributed by atoms with Crippen LogP contribution in [0.25, 0.3) is 0 Å². The van der Waals surface area contributed by atoms with E-state index in [0.717, 1.165) is 11.1 Å². The lowest BCUT2D eigenvalue weighted by molar-refractivity contribution is -0.143. The molecule has 2 amide bonds. The zero-order valence-electron chi connectivity index (χ0n) is 19.6. The summed E-state index contributed by atoms with van der Waals surface area (Å²) in [6, 6.07) is 10.2. The lowest BCUT2D eigenvalue weighted by atomic mass is 10.1. The Kier molecular flexibility index (Phi) is 8.99. The van der Waals surface area contributed by atoms with Gasteiger partial charge in [-0.2, -0.15) is 0 Å². The van der Waals surface area contributed by atoms with Gasteiger partial charge in [0.15, 0.2) is 6.61 Å². The number of rotatable bonds is 8. The summed E-state index contributed by atoms with van der Waals surface area (Å²) in [5.74, 6) is 0.0855. The monoisotopic (exact) mass is 478 g/mol. The van der Waals surface area contributed by atoms with E-state index in [2.05, 4.69) is 5.32 Å². The zero-order valence-corrected chi connectivity index (χ0v) is 21.1. The van der Waals surface area contributed by atoms with E-state index in [1.807, 2.05) is 59.7 Å². The first-order valence-electron chi connectivity index (χ1n) is 10.7. The van der Waals surface area contributed by atoms with Crippen LogP contribution in [-0.4, -0.2) is 34.9 Å². The highest BCUT2D eigenvalue weighted by Crippen LogP contribution is 2.27. The van der Waals surface area contributed by atoms with Crippen molar-refractivity contribution in [2.24, 2.45) is 0 Å². The molecule has 0 aliphatic carbocycles. The van der Waals surface area contributed by atoms with Gasteiger partial charge in [-0.15, -0.1) is 0 Å². The summed E-state index contributed by atoms with van der Waals surface area (Å²) in [7, 11) is 0. The van der Waals surface area contributed by atoms with Crippen LogP contribution in [0.5, 0.6) is 5.75 Å². The highest BCUT2D eigenvalue weighted by molar-refractivity contribution is 6.36. The molecule has 0 radical (unpaired) electrons. The Morgan fingerprint density at radius 3 is 2.22 bits per heavy atom. The van der Waals surface area contributed by atoms with Crippen molar-refractivity contribution in [3.05, 3.63) is 63.1 Å². The number of aryl methyl sites for hydroxylation is 1. The fraction of sp³-hybridized carbons (Fsp3) is 0.440. The predicted molar refractivity (Wildman–Crippen MR) is 130 cm³/mol. The van der Waals surface area contributed by atoms with Crippen LogP contribution >= 0.6 is 23.2 Å². The highest BCUT2D eigenvalue weighted by atomic mass is 35.5. The molecule has 174 valence electrons. The Balaban J connectivity index is 2.34. The largest absolute Gasteiger partial charge is 0.483 e. The van der Waals surface area contributed by atoms with E-state index in [9.17, 15) is 9.59 Å². The van der Waals surface area contributed by atoms with Gasteiger partial charge >= 0.3 is 0 Å². The number of hydrogen-bond acceptors (Lipinski definition) is 3. The first-order chi connectivity index (χ1) is 14.9. The van der Waals surface area contributed by atoms with E-state index in [1.165, 1.54) is 4.90 Å². The molecule has 1 N–H and O–H groups in total. The molecule has 2 aromatic rings. The van der Waals surface area contributed by atoms with Crippen molar-refractivity contribution in [1.82, 2.24) is 10.2 Å². The van der Waals surface area contributed by atoms with Crippen LogP contribution in [0.1, 0.15) is 50.8 Å². The molecule has 0 bridgehead atoms. The summed E-state index contributed by atoms with van der Waals surface area (Å²) in [4.78, 5) is 27.9. The average Bonchev–Trinajstić information content (AvgIpc) is 2.69. The van der Waals surface area contributed by atoms with Crippen molar-refractivity contribution < 1.29 is 14.3 Å². The van der Waals surface area contributed by atoms with Gasteiger partial charge in [0, 0.05) is 27.7 Å². The number of ether oxygens (including phenoxy) is 1. The van der Waals surface area contributed by atoms with Crippen LogP contribution in [0.4, 0.5) is 0 Å². The van der Waals surface area contributed by atoms with E-state index >= 15 is 0 Å². The number of nitrogens with zero attached hydrogens (tertiary/aromatic N) is 1. The minimum absolute atomic E-state index is 0.101. The van der Waals surface area contributed by atoms with Gasteiger partial charge in [-0.3, -0.25) is 9.59 Å². The van der Waals surface area contributed by atoms with Gasteiger partial charge in [-0.1, -0.05) is 48.3 Å². The van der Waals surface area contributed by atoms with Crippen molar-refractivity contribution in [3.63, 3.8) is 0 Å². The number of carbonyl (C=O) groups is 2. The lowest BCUT2D eigenvalue weighted by Gasteiger charge is -2.33. The minimum atomic E-state index is -0.698. The molecule has 0 saturated carbocycles. The number of carbonyl (C=O) groups excluding carboxylic acids is 2. The number of halogens is 2. The summed E-state index contributed by atoms with van der Waals surface area (Å²) >= 11 is 12.7. The highest BCUT2D eigenvalue weighted by Gasteiger charge is 2.31. The topological polar surface area (TPSA) is 58.6 Å². The van der Waals surface area contributed by atoms with Gasteiger partial charge in [-0.05, 0) is 70.4 Å². The number of benzene rings is 2. The first-order valence-corrected chi connectivity index (χ1v) is 11.4. The summed E-state index contributed by atoms with van der Waals surface area (Å²) in [6.07, 6.45) is 0.430. The van der Waals surface area contributed by atoms with Crippen LogP contribution in [-0.2, 0) is 16.1 Å². The van der Waals surface area contributed by atoms with Crippen molar-refractivity contribution in [3.8, 4) is 5.75 Å². The van der Waals surface area contributed by atoms with E-state index in [0.29, 0.717) is 27.8 Å². The van der Waals surface area contributed by atoms with Gasteiger partial charge in [0.25, 0.3) is 5.91 Å². The molecular formula is C25H32Cl2N2O3. The molecule has 0 aliphatic rings. The molecule has 2 rings (SSSR count). The van der Waals surface area contributed by atoms with E-state index < -0.39 is 11.6 Å². The maximum Gasteiger partial charge on any atom is 0.261 e. The molecule has 0 saturated heterocycles. The van der Waals surface area contributed by atoms with Crippen LogP contribution in [0.2, 0.25) is 10.0 Å². The average molecular weight is 479 g/mol. The predicted octanol–water partition coefficient (Wildman–Crippen LogP) is 5.71. The normalized spacial score (nSPS) is 12.2. The molecule has 1 atom stereocenters. The Morgan fingerprint density at radius 1 is 1.06 bits per heavy atom. The summed E-state index contributed by atoms with van der Waals surface area (Å²) in [5.41, 5.74) is 2.21. The van der Waals surface area contributed by atoms with Gasteiger partial charge in [0.2, 0.25) is 5.91 Å². The molecule has 32 heavy (non-hydrogen) atoms. The van der Waals surface area contributed by atoms with Crippen LogP contribution in [0.3, 0.4) is 0 Å². The second-order valence-electron chi connectivity index (χ2n) is 8.87. The van der Waals surface area contributed by atoms with E-state index in [-0.39, 0.29) is 25.0 Å². The van der Waals surface area contributed by atoms with E-state index in [4.69, 9.17) is 27.9 Å². The molecule has 0 heterocycles. The number of hydrogen-bond donors (Lipinski definition) is 1. The van der Waals surface area contributed by atoms with Crippen LogP contribution < -0.4 is 10.1 Å². The van der Waals surface area contributed by atoms with Gasteiger partial charge in [0.1, 0.15) is 11.8 Å². The van der Waals surface area contributed by atoms with Crippen molar-refractivity contribution in [1.29, 1.82) is 0 Å². The van der Waals surface area contributed by atoms with Crippen LogP contribution in [0.15, 0.2) is 36.4 Å². The fourth-order valence-corrected chi connectivity index (χ4v) is 3.85. The Morgan fingerprint density at radius 2 is 1.66 bits per heavy atom. The Bertz CT molecular complexity index is 950. The van der Waals surface area contributed by atoms with Crippen LogP contribution in [0, 0.1) is 13.8 Å². The quantitative estimate of drug-likeness (QED) is 0.528. The van der Waals surface area contributed by atoms with Crippen molar-refractivity contribution >= 4 is 35.0 Å². The molecular weight excluding hydrogens is 447 g/mol. The summed E-state index contributed by atoms with van der Waals surface area (Å²) in [6.45, 7) is 11.4. The Hall–Kier alpha value is -2.24. The summed E-state index contributed by atoms with van der Waals surface area (Å²) in [5, 5.41) is 3.85. The maximum atomic E-state index is 13.3. The Labute approximate surface area is 201 Å². The molecule has 0 aliphatic heterocycles. The third kappa shape index (κ3) is 6.88. The molecule has 0 aromatic heterocycles. The minimum Gasteiger partial charge on any atom is -0.483 e. The molecule has 0 unspecified atom stereocenters. The SMILES string of the molecule is CC[C@@H](C(=O)NC(C)(C)C)N(Cc1c(Cl)cccc1Cl)C(=O)COc1cccc(C)c1C. The molecule has 0 spiro atoms. The molecule has 5 nitrogen and oxygen atoms in total. The number of amides is 2. The van der Waals surface area contributed by atoms with Crippen molar-refractivity contribution in [2.45, 2.75) is 66.1 Å². The fourth-order valence-electron chi connectivity index (χ4n) is 3.33. The van der Waals surface area contributed by atoms with Gasteiger partial charge in [-0.25, -0.2) is 0 Å². The smallest absolute Gasteiger partial charge is 0.261 e. The second-order valence-corrected chi connectivity index (χ2v) is 9.69. The van der Waals surface area contributed by atoms with E-state index in [1.54, 1.807) is 18.2 Å². The molecule has 2 aromatic carbocycles. The zero-order chi connectivity index (χ0) is 24.1. The second kappa shape index (κ2) is 11.1. The molecule has 7 heteroatoms. The lowest BCUT2D eigenvalue weighted by Crippen LogP contribution is -2.54. The maximum absolute atomic E-state index is 13.3. The third-order valence-electron chi connectivity index (χ3n) is 5.18. The number of nitrogens with one attached hydrogen (secondary N) is 1. The first kappa shape index (κ1) is 26.0.